The highest BCUT2D eigenvalue weighted by Gasteiger charge is 2.18. The third-order valence-electron chi connectivity index (χ3n) is 3.86. The number of aryl methyl sites for hydroxylation is 2. The van der Waals surface area contributed by atoms with Crippen LogP contribution in [0.15, 0.2) is 24.4 Å². The van der Waals surface area contributed by atoms with Crippen LogP contribution in [0.1, 0.15) is 24.2 Å². The predicted octanol–water partition coefficient (Wildman–Crippen LogP) is 2.95. The highest BCUT2D eigenvalue weighted by molar-refractivity contribution is 5.62. The molecule has 0 spiro atoms. The average Bonchev–Trinajstić information content (AvgIpc) is 2.91. The van der Waals surface area contributed by atoms with E-state index in [1.165, 1.54) is 12.1 Å². The molecule has 1 aromatic carbocycles. The highest BCUT2D eigenvalue weighted by Crippen LogP contribution is 2.25. The molecule has 0 N–H and O–H groups in total. The van der Waals surface area contributed by atoms with Crippen LogP contribution >= 0.6 is 0 Å². The molecule has 0 atom stereocenters. The summed E-state index contributed by atoms with van der Waals surface area (Å²) in [7, 11) is 0. The lowest BCUT2D eigenvalue weighted by Crippen LogP contribution is -2.12. The van der Waals surface area contributed by atoms with Crippen LogP contribution in [0, 0.1) is 11.6 Å². The summed E-state index contributed by atoms with van der Waals surface area (Å²) in [5.74, 6) is -0.771. The number of halogens is 2. The van der Waals surface area contributed by atoms with Gasteiger partial charge in [-0.1, -0.05) is 0 Å². The molecule has 6 heteroatoms. The molecule has 0 amide bonds. The van der Waals surface area contributed by atoms with Gasteiger partial charge < -0.3 is 0 Å². The van der Waals surface area contributed by atoms with Crippen molar-refractivity contribution < 1.29 is 8.78 Å². The van der Waals surface area contributed by atoms with Gasteiger partial charge in [0.15, 0.2) is 0 Å². The number of aromatic nitrogens is 4. The van der Waals surface area contributed by atoms with Gasteiger partial charge in [-0.05, 0) is 37.8 Å². The summed E-state index contributed by atoms with van der Waals surface area (Å²) in [6.07, 6.45) is 5.80. The molecule has 1 aliphatic carbocycles. The van der Waals surface area contributed by atoms with Crippen molar-refractivity contribution in [1.82, 2.24) is 19.6 Å². The van der Waals surface area contributed by atoms with Gasteiger partial charge in [0, 0.05) is 23.5 Å². The van der Waals surface area contributed by atoms with Crippen LogP contribution in [0.5, 0.6) is 0 Å². The largest absolute Gasteiger partial charge is 0.284 e. The van der Waals surface area contributed by atoms with Crippen molar-refractivity contribution in [3.8, 4) is 11.3 Å². The lowest BCUT2D eigenvalue weighted by atomic mass is 10.0. The third-order valence-corrected chi connectivity index (χ3v) is 3.86. The second kappa shape index (κ2) is 4.58. The lowest BCUT2D eigenvalue weighted by Gasteiger charge is -2.14. The quantitative estimate of drug-likeness (QED) is 0.690. The fourth-order valence-electron chi connectivity index (χ4n) is 2.81. The number of fused-ring (bicyclic) bond motifs is 3. The van der Waals surface area contributed by atoms with Crippen molar-refractivity contribution in [2.45, 2.75) is 25.7 Å². The Kier molecular flexibility index (Phi) is 2.70. The second-order valence-corrected chi connectivity index (χ2v) is 5.22. The van der Waals surface area contributed by atoms with Gasteiger partial charge in [-0.15, -0.1) is 5.10 Å². The van der Waals surface area contributed by atoms with Crippen LogP contribution in [0.25, 0.3) is 17.0 Å². The van der Waals surface area contributed by atoms with E-state index in [0.29, 0.717) is 11.5 Å². The Bertz CT molecular complexity index is 841. The predicted molar refractivity (Wildman–Crippen MR) is 72.8 cm³/mol. The van der Waals surface area contributed by atoms with E-state index in [9.17, 15) is 8.78 Å². The van der Waals surface area contributed by atoms with Gasteiger partial charge in [0.1, 0.15) is 11.6 Å². The second-order valence-electron chi connectivity index (χ2n) is 5.22. The summed E-state index contributed by atoms with van der Waals surface area (Å²) in [6.45, 7) is 0. The summed E-state index contributed by atoms with van der Waals surface area (Å²) < 4.78 is 28.8. The van der Waals surface area contributed by atoms with E-state index in [1.807, 2.05) is 4.40 Å². The first-order valence-electron chi connectivity index (χ1n) is 6.91. The van der Waals surface area contributed by atoms with Crippen molar-refractivity contribution >= 4 is 5.78 Å². The molecule has 0 saturated carbocycles. The Labute approximate surface area is 119 Å². The summed E-state index contributed by atoms with van der Waals surface area (Å²) in [5.41, 5.74) is 2.79. The Balaban J connectivity index is 1.91. The molecule has 1 aliphatic rings. The zero-order valence-electron chi connectivity index (χ0n) is 11.2. The van der Waals surface area contributed by atoms with Crippen molar-refractivity contribution in [2.24, 2.45) is 0 Å². The summed E-state index contributed by atoms with van der Waals surface area (Å²) in [4.78, 5) is 4.31. The maximum absolute atomic E-state index is 13.9. The molecule has 2 heterocycles. The fraction of sp³-hybridized carbons (Fsp3) is 0.267. The van der Waals surface area contributed by atoms with Gasteiger partial charge in [0.25, 0.3) is 5.78 Å². The molecule has 0 bridgehead atoms. The van der Waals surface area contributed by atoms with E-state index in [2.05, 4.69) is 15.2 Å². The van der Waals surface area contributed by atoms with Crippen LogP contribution in [0.4, 0.5) is 8.78 Å². The number of rotatable bonds is 1. The van der Waals surface area contributed by atoms with Crippen molar-refractivity contribution in [3.05, 3.63) is 47.4 Å². The molecule has 0 unspecified atom stereocenters. The molecule has 2 aromatic heterocycles. The van der Waals surface area contributed by atoms with E-state index in [0.717, 1.165) is 43.1 Å². The first-order chi connectivity index (χ1) is 10.2. The molecule has 4 rings (SSSR count). The summed E-state index contributed by atoms with van der Waals surface area (Å²) >= 11 is 0. The van der Waals surface area contributed by atoms with E-state index >= 15 is 0 Å². The molecule has 3 aromatic rings. The van der Waals surface area contributed by atoms with Gasteiger partial charge in [0.2, 0.25) is 0 Å². The van der Waals surface area contributed by atoms with Gasteiger partial charge in [-0.3, -0.25) is 4.40 Å². The zero-order valence-corrected chi connectivity index (χ0v) is 11.2. The van der Waals surface area contributed by atoms with Crippen LogP contribution in [0.2, 0.25) is 0 Å². The molecule has 0 fully saturated rings. The average molecular weight is 286 g/mol. The van der Waals surface area contributed by atoms with Crippen LogP contribution in [0.3, 0.4) is 0 Å². The number of nitrogens with zero attached hydrogens (tertiary/aromatic N) is 4. The SMILES string of the molecule is Fc1ccc(-c2cn3c4c(nnc3n2)CCCC4)c(F)c1. The highest BCUT2D eigenvalue weighted by atomic mass is 19.1. The Morgan fingerprint density at radius 3 is 2.76 bits per heavy atom. The molecule has 0 saturated heterocycles. The Morgan fingerprint density at radius 1 is 1.05 bits per heavy atom. The first-order valence-corrected chi connectivity index (χ1v) is 6.91. The summed E-state index contributed by atoms with van der Waals surface area (Å²) in [6, 6.07) is 3.48. The molecule has 106 valence electrons. The van der Waals surface area contributed by atoms with E-state index < -0.39 is 11.6 Å². The van der Waals surface area contributed by atoms with Gasteiger partial charge >= 0.3 is 0 Å². The van der Waals surface area contributed by atoms with Crippen molar-refractivity contribution in [2.75, 3.05) is 0 Å². The van der Waals surface area contributed by atoms with Crippen molar-refractivity contribution in [3.63, 3.8) is 0 Å². The first kappa shape index (κ1) is 12.4. The fourth-order valence-corrected chi connectivity index (χ4v) is 2.81. The lowest BCUT2D eigenvalue weighted by molar-refractivity contribution is 0.585. The third kappa shape index (κ3) is 1.98. The molecule has 4 nitrogen and oxygen atoms in total. The number of hydrogen-bond acceptors (Lipinski definition) is 3. The number of hydrogen-bond donors (Lipinski definition) is 0. The topological polar surface area (TPSA) is 43.1 Å². The number of benzene rings is 1. The molecular weight excluding hydrogens is 274 g/mol. The standard InChI is InChI=1S/C15H12F2N4/c16-9-5-6-10(11(17)7-9)13-8-21-14-4-2-1-3-12(14)19-20-15(21)18-13/h5-8H,1-4H2. The molecule has 0 radical (unpaired) electrons. The minimum Gasteiger partial charge on any atom is -0.284 e. The van der Waals surface area contributed by atoms with Crippen LogP contribution in [-0.2, 0) is 12.8 Å². The number of imidazole rings is 1. The van der Waals surface area contributed by atoms with Gasteiger partial charge in [-0.2, -0.15) is 5.10 Å². The van der Waals surface area contributed by atoms with E-state index in [-0.39, 0.29) is 5.56 Å². The minimum atomic E-state index is -0.625. The van der Waals surface area contributed by atoms with Gasteiger partial charge in [0.05, 0.1) is 11.4 Å². The molecule has 21 heavy (non-hydrogen) atoms. The molecule has 0 aliphatic heterocycles. The normalized spacial score (nSPS) is 14.4. The zero-order chi connectivity index (χ0) is 14.4. The Morgan fingerprint density at radius 2 is 1.90 bits per heavy atom. The smallest absolute Gasteiger partial charge is 0.254 e. The summed E-state index contributed by atoms with van der Waals surface area (Å²) in [5, 5.41) is 8.30. The van der Waals surface area contributed by atoms with Crippen molar-refractivity contribution in [1.29, 1.82) is 0 Å². The van der Waals surface area contributed by atoms with E-state index in [4.69, 9.17) is 0 Å². The maximum atomic E-state index is 13.9. The van der Waals surface area contributed by atoms with Crippen LogP contribution in [-0.4, -0.2) is 19.6 Å². The minimum absolute atomic E-state index is 0.270. The van der Waals surface area contributed by atoms with E-state index in [1.54, 1.807) is 6.20 Å². The molecular formula is C15H12F2N4. The Hall–Kier alpha value is -2.37. The van der Waals surface area contributed by atoms with Crippen LogP contribution < -0.4 is 0 Å². The monoisotopic (exact) mass is 286 g/mol. The van der Waals surface area contributed by atoms with Gasteiger partial charge in [-0.25, -0.2) is 13.8 Å². The maximum Gasteiger partial charge on any atom is 0.254 e.